The number of nitrogens with zero attached hydrogens (tertiary/aromatic N) is 4. The Balaban J connectivity index is 1.09. The second kappa shape index (κ2) is 9.69. The molecule has 1 aliphatic rings. The molecule has 0 spiro atoms. The fourth-order valence-electron chi connectivity index (χ4n) is 4.44. The standard InChI is InChI=1S/C26H29N5O3/c1-29-23-17-20-16-21(9-10-22(20)27-25(23)28-26(29)33)34-15-5-8-24(32)31-13-11-30(12-14-31)18-19-6-3-2-4-7-19/h2-4,6-7,9-10,16-17H,5,8,11-15,18H2,1H3,(H,27,28,33). The minimum absolute atomic E-state index is 0.184. The number of H-pyrrole nitrogens is 1. The number of rotatable bonds is 7. The molecule has 2 aromatic heterocycles. The lowest BCUT2D eigenvalue weighted by Gasteiger charge is -2.34. The number of hydrogen-bond acceptors (Lipinski definition) is 5. The first-order chi connectivity index (χ1) is 16.6. The van der Waals surface area contributed by atoms with Gasteiger partial charge in [0, 0.05) is 51.6 Å². The summed E-state index contributed by atoms with van der Waals surface area (Å²) >= 11 is 0. The average molecular weight is 460 g/mol. The lowest BCUT2D eigenvalue weighted by Crippen LogP contribution is -2.48. The van der Waals surface area contributed by atoms with E-state index in [0.717, 1.165) is 54.9 Å². The molecule has 1 aliphatic heterocycles. The molecule has 1 N–H and O–H groups in total. The van der Waals surface area contributed by atoms with Gasteiger partial charge in [-0.15, -0.1) is 0 Å². The summed E-state index contributed by atoms with van der Waals surface area (Å²) in [4.78, 5) is 36.1. The van der Waals surface area contributed by atoms with Crippen LogP contribution in [0.4, 0.5) is 0 Å². The molecule has 0 bridgehead atoms. The van der Waals surface area contributed by atoms with Gasteiger partial charge in [-0.05, 0) is 36.2 Å². The van der Waals surface area contributed by atoms with Crippen LogP contribution in [0, 0.1) is 0 Å². The largest absolute Gasteiger partial charge is 0.494 e. The molecule has 1 saturated heterocycles. The topological polar surface area (TPSA) is 83.5 Å². The summed E-state index contributed by atoms with van der Waals surface area (Å²) in [7, 11) is 1.72. The Morgan fingerprint density at radius 3 is 2.65 bits per heavy atom. The fraction of sp³-hybridized carbons (Fsp3) is 0.346. The van der Waals surface area contributed by atoms with E-state index in [4.69, 9.17) is 4.74 Å². The van der Waals surface area contributed by atoms with Crippen LogP contribution in [-0.4, -0.2) is 63.0 Å². The molecule has 1 fully saturated rings. The van der Waals surface area contributed by atoms with Gasteiger partial charge in [0.25, 0.3) is 0 Å². The summed E-state index contributed by atoms with van der Waals surface area (Å²) in [5.41, 5.74) is 3.25. The maximum atomic E-state index is 12.6. The number of amides is 1. The molecule has 176 valence electrons. The molecule has 0 saturated carbocycles. The van der Waals surface area contributed by atoms with Crippen molar-refractivity contribution in [3.63, 3.8) is 0 Å². The van der Waals surface area contributed by atoms with E-state index in [1.807, 2.05) is 35.2 Å². The van der Waals surface area contributed by atoms with Gasteiger partial charge in [-0.3, -0.25) is 19.2 Å². The van der Waals surface area contributed by atoms with E-state index < -0.39 is 0 Å². The molecule has 0 atom stereocenters. The van der Waals surface area contributed by atoms with Crippen LogP contribution in [0.15, 0.2) is 59.4 Å². The van der Waals surface area contributed by atoms with Gasteiger partial charge in [-0.2, -0.15) is 0 Å². The summed E-state index contributed by atoms with van der Waals surface area (Å²) in [6, 6.07) is 18.1. The number of aromatic nitrogens is 3. The van der Waals surface area contributed by atoms with Crippen molar-refractivity contribution in [3.8, 4) is 5.75 Å². The molecule has 0 unspecified atom stereocenters. The minimum Gasteiger partial charge on any atom is -0.494 e. The summed E-state index contributed by atoms with van der Waals surface area (Å²) in [6.45, 7) is 4.78. The molecular formula is C26H29N5O3. The van der Waals surface area contributed by atoms with Crippen molar-refractivity contribution >= 4 is 28.0 Å². The number of ether oxygens (including phenoxy) is 1. The van der Waals surface area contributed by atoms with Crippen molar-refractivity contribution in [3.05, 3.63) is 70.6 Å². The molecule has 1 amide bonds. The third-order valence-corrected chi connectivity index (χ3v) is 6.44. The van der Waals surface area contributed by atoms with Crippen molar-refractivity contribution in [1.82, 2.24) is 24.3 Å². The molecule has 34 heavy (non-hydrogen) atoms. The van der Waals surface area contributed by atoms with E-state index in [0.29, 0.717) is 25.1 Å². The van der Waals surface area contributed by atoms with Gasteiger partial charge in [-0.1, -0.05) is 30.3 Å². The Hall–Kier alpha value is -3.65. The second-order valence-electron chi connectivity index (χ2n) is 8.79. The molecule has 3 heterocycles. The minimum atomic E-state index is -0.184. The van der Waals surface area contributed by atoms with Crippen molar-refractivity contribution in [2.24, 2.45) is 7.05 Å². The van der Waals surface area contributed by atoms with Gasteiger partial charge in [0.1, 0.15) is 5.75 Å². The van der Waals surface area contributed by atoms with Crippen molar-refractivity contribution in [1.29, 1.82) is 0 Å². The van der Waals surface area contributed by atoms with Crippen LogP contribution in [0.25, 0.3) is 22.1 Å². The third-order valence-electron chi connectivity index (χ3n) is 6.44. The summed E-state index contributed by atoms with van der Waals surface area (Å²) in [5.74, 6) is 0.928. The number of nitrogens with one attached hydrogen (secondary N) is 1. The quantitative estimate of drug-likeness (QED) is 0.430. The van der Waals surface area contributed by atoms with E-state index in [-0.39, 0.29) is 11.6 Å². The van der Waals surface area contributed by atoms with Gasteiger partial charge < -0.3 is 9.64 Å². The van der Waals surface area contributed by atoms with E-state index >= 15 is 0 Å². The number of hydrogen-bond donors (Lipinski definition) is 1. The van der Waals surface area contributed by atoms with Crippen LogP contribution >= 0.6 is 0 Å². The highest BCUT2D eigenvalue weighted by molar-refractivity contribution is 5.90. The second-order valence-corrected chi connectivity index (χ2v) is 8.79. The Bertz CT molecular complexity index is 1350. The Labute approximate surface area is 197 Å². The number of aryl methyl sites for hydroxylation is 1. The lowest BCUT2D eigenvalue weighted by molar-refractivity contribution is -0.133. The van der Waals surface area contributed by atoms with E-state index in [9.17, 15) is 9.59 Å². The molecule has 8 nitrogen and oxygen atoms in total. The number of benzene rings is 2. The number of aromatic amines is 1. The van der Waals surface area contributed by atoms with Crippen LogP contribution in [0.2, 0.25) is 0 Å². The van der Waals surface area contributed by atoms with Gasteiger partial charge in [0.2, 0.25) is 5.91 Å². The first kappa shape index (κ1) is 22.2. The predicted octanol–water partition coefficient (Wildman–Crippen LogP) is 2.92. The predicted molar refractivity (Wildman–Crippen MR) is 132 cm³/mol. The first-order valence-corrected chi connectivity index (χ1v) is 11.7. The third kappa shape index (κ3) is 4.82. The van der Waals surface area contributed by atoms with E-state index in [1.54, 1.807) is 11.6 Å². The molecule has 0 aliphatic carbocycles. The SMILES string of the molecule is Cn1c(=O)[nH]c2nc3ccc(OCCCC(=O)N4CCN(Cc5ccccc5)CC4)cc3cc21. The smallest absolute Gasteiger partial charge is 0.327 e. The Morgan fingerprint density at radius 2 is 1.85 bits per heavy atom. The zero-order valence-electron chi connectivity index (χ0n) is 19.4. The maximum Gasteiger partial charge on any atom is 0.327 e. The zero-order chi connectivity index (χ0) is 23.5. The fourth-order valence-corrected chi connectivity index (χ4v) is 4.44. The number of pyridine rings is 1. The van der Waals surface area contributed by atoms with Crippen molar-refractivity contribution in [2.75, 3.05) is 32.8 Å². The van der Waals surface area contributed by atoms with Crippen molar-refractivity contribution < 1.29 is 9.53 Å². The molecular weight excluding hydrogens is 430 g/mol. The normalized spacial score (nSPS) is 14.7. The van der Waals surface area contributed by atoms with Crippen LogP contribution in [0.1, 0.15) is 18.4 Å². The highest BCUT2D eigenvalue weighted by Crippen LogP contribution is 2.23. The summed E-state index contributed by atoms with van der Waals surface area (Å²) in [6.07, 6.45) is 1.16. The lowest BCUT2D eigenvalue weighted by atomic mass is 10.2. The number of carbonyl (C=O) groups excluding carboxylic acids is 1. The van der Waals surface area contributed by atoms with Gasteiger partial charge in [-0.25, -0.2) is 9.78 Å². The summed E-state index contributed by atoms with van der Waals surface area (Å²) < 4.78 is 7.44. The zero-order valence-corrected chi connectivity index (χ0v) is 19.4. The summed E-state index contributed by atoms with van der Waals surface area (Å²) in [5, 5.41) is 0.907. The monoisotopic (exact) mass is 459 g/mol. The molecule has 2 aromatic carbocycles. The van der Waals surface area contributed by atoms with Crippen LogP contribution in [0.3, 0.4) is 0 Å². The highest BCUT2D eigenvalue weighted by Gasteiger charge is 2.20. The van der Waals surface area contributed by atoms with E-state index in [2.05, 4.69) is 39.1 Å². The van der Waals surface area contributed by atoms with Crippen LogP contribution < -0.4 is 10.4 Å². The van der Waals surface area contributed by atoms with E-state index in [1.165, 1.54) is 5.56 Å². The number of imidazole rings is 1. The van der Waals surface area contributed by atoms with Crippen molar-refractivity contribution in [2.45, 2.75) is 19.4 Å². The van der Waals surface area contributed by atoms with Crippen LogP contribution in [0.5, 0.6) is 5.75 Å². The molecule has 0 radical (unpaired) electrons. The van der Waals surface area contributed by atoms with Crippen LogP contribution in [-0.2, 0) is 18.4 Å². The highest BCUT2D eigenvalue weighted by atomic mass is 16.5. The maximum absolute atomic E-state index is 12.6. The number of fused-ring (bicyclic) bond motifs is 2. The van der Waals surface area contributed by atoms with Gasteiger partial charge in [0.15, 0.2) is 5.65 Å². The molecule has 5 rings (SSSR count). The number of carbonyl (C=O) groups is 1. The first-order valence-electron chi connectivity index (χ1n) is 11.7. The molecule has 8 heteroatoms. The molecule has 4 aromatic rings. The number of piperazine rings is 1. The average Bonchev–Trinajstić information content (AvgIpc) is 3.13. The Kier molecular flexibility index (Phi) is 6.31. The Morgan fingerprint density at radius 1 is 1.06 bits per heavy atom. The van der Waals surface area contributed by atoms with Gasteiger partial charge in [0.05, 0.1) is 17.6 Å². The van der Waals surface area contributed by atoms with Gasteiger partial charge >= 0.3 is 5.69 Å².